The molecule has 6 N–H and O–H groups in total. The lowest BCUT2D eigenvalue weighted by Crippen LogP contribution is -2.08. The maximum Gasteiger partial charge on any atom is 0.197 e. The van der Waals surface area contributed by atoms with Gasteiger partial charge in [0, 0.05) is 24.1 Å². The van der Waals surface area contributed by atoms with Gasteiger partial charge in [-0.1, -0.05) is 0 Å². The number of H-pyrrole nitrogens is 1. The molecule has 0 amide bonds. The van der Waals surface area contributed by atoms with Crippen molar-refractivity contribution in [3.63, 3.8) is 0 Å². The Morgan fingerprint density at radius 2 is 2.47 bits per heavy atom. The van der Waals surface area contributed by atoms with Gasteiger partial charge in [-0.05, 0) is 26.2 Å². The molecule has 0 unspecified atom stereocenters. The van der Waals surface area contributed by atoms with E-state index in [1.54, 1.807) is 6.20 Å². The van der Waals surface area contributed by atoms with Crippen molar-refractivity contribution in [3.8, 4) is 0 Å². The molecule has 0 aliphatic carbocycles. The van der Waals surface area contributed by atoms with Gasteiger partial charge >= 0.3 is 0 Å². The number of nitrogens with zero attached hydrogens (tertiary/aromatic N) is 1. The first-order valence-corrected chi connectivity index (χ1v) is 5.19. The standard InChI is InChI=1S/C10H19N5/c1-2-13-6-8(11)4-3-5-9-7-14-10(12)15-9/h6-7,13H,2-5,11H2,1H3,(H3,12,14,15)/b8-6-. The van der Waals surface area contributed by atoms with E-state index in [1.165, 1.54) is 0 Å². The topological polar surface area (TPSA) is 92.8 Å². The van der Waals surface area contributed by atoms with Crippen molar-refractivity contribution in [3.05, 3.63) is 23.8 Å². The minimum absolute atomic E-state index is 0.473. The van der Waals surface area contributed by atoms with Gasteiger partial charge in [-0.15, -0.1) is 0 Å². The quantitative estimate of drug-likeness (QED) is 0.555. The van der Waals surface area contributed by atoms with Crippen molar-refractivity contribution in [2.45, 2.75) is 26.2 Å². The molecule has 5 heteroatoms. The summed E-state index contributed by atoms with van der Waals surface area (Å²) >= 11 is 0. The number of nitrogens with two attached hydrogens (primary N) is 2. The van der Waals surface area contributed by atoms with Crippen molar-refractivity contribution in [1.82, 2.24) is 15.3 Å². The van der Waals surface area contributed by atoms with Crippen LogP contribution in [-0.2, 0) is 6.42 Å². The predicted molar refractivity (Wildman–Crippen MR) is 61.9 cm³/mol. The molecule has 1 heterocycles. The summed E-state index contributed by atoms with van der Waals surface area (Å²) in [6.07, 6.45) is 6.42. The third kappa shape index (κ3) is 4.39. The van der Waals surface area contributed by atoms with E-state index in [1.807, 2.05) is 13.1 Å². The van der Waals surface area contributed by atoms with Gasteiger partial charge < -0.3 is 21.8 Å². The molecule has 1 aromatic heterocycles. The summed E-state index contributed by atoms with van der Waals surface area (Å²) in [7, 11) is 0. The van der Waals surface area contributed by atoms with Crippen LogP contribution in [0.1, 0.15) is 25.5 Å². The van der Waals surface area contributed by atoms with Crippen LogP contribution in [0.4, 0.5) is 5.95 Å². The fraction of sp³-hybridized carbons (Fsp3) is 0.500. The van der Waals surface area contributed by atoms with Gasteiger partial charge in [-0.25, -0.2) is 4.98 Å². The highest BCUT2D eigenvalue weighted by atomic mass is 15.0. The lowest BCUT2D eigenvalue weighted by molar-refractivity contribution is 0.776. The summed E-state index contributed by atoms with van der Waals surface area (Å²) in [6.45, 7) is 2.94. The van der Waals surface area contributed by atoms with Crippen molar-refractivity contribution in [2.24, 2.45) is 5.73 Å². The van der Waals surface area contributed by atoms with Crippen molar-refractivity contribution in [1.29, 1.82) is 0 Å². The van der Waals surface area contributed by atoms with Gasteiger partial charge in [0.15, 0.2) is 5.95 Å². The zero-order valence-corrected chi connectivity index (χ0v) is 9.09. The molecule has 84 valence electrons. The molecule has 0 saturated heterocycles. The molecule has 1 rings (SSSR count). The maximum atomic E-state index is 5.78. The summed E-state index contributed by atoms with van der Waals surface area (Å²) in [5.41, 5.74) is 13.2. The van der Waals surface area contributed by atoms with Gasteiger partial charge in [0.1, 0.15) is 0 Å². The molecule has 1 aromatic rings. The van der Waals surface area contributed by atoms with Crippen LogP contribution in [0.15, 0.2) is 18.1 Å². The highest BCUT2D eigenvalue weighted by Gasteiger charge is 1.97. The Bertz CT molecular complexity index is 315. The number of aromatic nitrogens is 2. The fourth-order valence-corrected chi connectivity index (χ4v) is 1.29. The number of hydrogen-bond acceptors (Lipinski definition) is 4. The van der Waals surface area contributed by atoms with Crippen LogP contribution < -0.4 is 16.8 Å². The van der Waals surface area contributed by atoms with Gasteiger partial charge in [0.05, 0.1) is 6.20 Å². The molecule has 0 fully saturated rings. The Kier molecular flexibility index (Phi) is 4.53. The third-order valence-electron chi connectivity index (χ3n) is 2.05. The first kappa shape index (κ1) is 11.4. The molecular formula is C10H19N5. The largest absolute Gasteiger partial charge is 0.401 e. The zero-order valence-electron chi connectivity index (χ0n) is 9.09. The Balaban J connectivity index is 2.21. The van der Waals surface area contributed by atoms with Crippen LogP contribution in [0.25, 0.3) is 0 Å². The monoisotopic (exact) mass is 209 g/mol. The van der Waals surface area contributed by atoms with Gasteiger partial charge in [0.2, 0.25) is 0 Å². The number of hydrogen-bond donors (Lipinski definition) is 4. The predicted octanol–water partition coefficient (Wildman–Crippen LogP) is 0.724. The van der Waals surface area contributed by atoms with Crippen LogP contribution in [0, 0.1) is 0 Å². The molecule has 0 aliphatic heterocycles. The first-order valence-electron chi connectivity index (χ1n) is 5.19. The number of imidazole rings is 1. The highest BCUT2D eigenvalue weighted by molar-refractivity contribution is 5.18. The number of aryl methyl sites for hydroxylation is 1. The van der Waals surface area contributed by atoms with Crippen molar-refractivity contribution in [2.75, 3.05) is 12.3 Å². The second-order valence-electron chi connectivity index (χ2n) is 3.42. The van der Waals surface area contributed by atoms with Crippen LogP contribution in [-0.4, -0.2) is 16.5 Å². The van der Waals surface area contributed by atoms with E-state index >= 15 is 0 Å². The molecule has 5 nitrogen and oxygen atoms in total. The van der Waals surface area contributed by atoms with Gasteiger partial charge in [-0.3, -0.25) is 0 Å². The van der Waals surface area contributed by atoms with Crippen LogP contribution in [0.3, 0.4) is 0 Å². The van der Waals surface area contributed by atoms with E-state index < -0.39 is 0 Å². The summed E-state index contributed by atoms with van der Waals surface area (Å²) in [6, 6.07) is 0. The summed E-state index contributed by atoms with van der Waals surface area (Å²) in [5, 5.41) is 3.07. The molecular weight excluding hydrogens is 190 g/mol. The molecule has 0 aliphatic rings. The summed E-state index contributed by atoms with van der Waals surface area (Å²) in [4.78, 5) is 6.91. The lowest BCUT2D eigenvalue weighted by Gasteiger charge is -2.01. The molecule has 0 atom stereocenters. The summed E-state index contributed by atoms with van der Waals surface area (Å²) in [5.74, 6) is 0.473. The average Bonchev–Trinajstić information content (AvgIpc) is 2.61. The first-order chi connectivity index (χ1) is 7.22. The normalized spacial score (nSPS) is 11.7. The lowest BCUT2D eigenvalue weighted by atomic mass is 10.2. The second-order valence-corrected chi connectivity index (χ2v) is 3.42. The number of anilines is 1. The van der Waals surface area contributed by atoms with Crippen molar-refractivity contribution < 1.29 is 0 Å². The minimum atomic E-state index is 0.473. The van der Waals surface area contributed by atoms with Gasteiger partial charge in [0.25, 0.3) is 0 Å². The van der Waals surface area contributed by atoms with E-state index in [0.717, 1.165) is 37.2 Å². The Morgan fingerprint density at radius 3 is 3.07 bits per heavy atom. The Morgan fingerprint density at radius 1 is 1.67 bits per heavy atom. The van der Waals surface area contributed by atoms with Gasteiger partial charge in [-0.2, -0.15) is 0 Å². The Labute approximate surface area is 90.0 Å². The molecule has 0 saturated carbocycles. The SMILES string of the molecule is CCN/C=C(\N)CCCc1cnc(N)[nH]1. The minimum Gasteiger partial charge on any atom is -0.401 e. The Hall–Kier alpha value is -1.65. The van der Waals surface area contributed by atoms with E-state index in [2.05, 4.69) is 15.3 Å². The van der Waals surface area contributed by atoms with E-state index in [-0.39, 0.29) is 0 Å². The number of nitrogens with one attached hydrogen (secondary N) is 2. The molecule has 15 heavy (non-hydrogen) atoms. The van der Waals surface area contributed by atoms with Crippen LogP contribution >= 0.6 is 0 Å². The summed E-state index contributed by atoms with van der Waals surface area (Å²) < 4.78 is 0. The van der Waals surface area contributed by atoms with Crippen molar-refractivity contribution >= 4 is 5.95 Å². The maximum absolute atomic E-state index is 5.78. The molecule has 0 radical (unpaired) electrons. The molecule has 0 bridgehead atoms. The molecule has 0 aromatic carbocycles. The average molecular weight is 209 g/mol. The van der Waals surface area contributed by atoms with E-state index in [4.69, 9.17) is 11.5 Å². The zero-order chi connectivity index (χ0) is 11.1. The highest BCUT2D eigenvalue weighted by Crippen LogP contribution is 2.05. The number of nitrogen functional groups attached to an aromatic ring is 1. The van der Waals surface area contributed by atoms with Crippen LogP contribution in [0.2, 0.25) is 0 Å². The second kappa shape index (κ2) is 5.95. The number of aromatic amines is 1. The molecule has 0 spiro atoms. The number of rotatable bonds is 6. The number of allylic oxidation sites excluding steroid dienone is 1. The fourth-order valence-electron chi connectivity index (χ4n) is 1.29. The third-order valence-corrected chi connectivity index (χ3v) is 2.05. The van der Waals surface area contributed by atoms with E-state index in [0.29, 0.717) is 5.95 Å². The van der Waals surface area contributed by atoms with Crippen LogP contribution in [0.5, 0.6) is 0 Å². The smallest absolute Gasteiger partial charge is 0.197 e. The van der Waals surface area contributed by atoms with E-state index in [9.17, 15) is 0 Å².